The molecule has 0 aliphatic rings. The van der Waals surface area contributed by atoms with Crippen molar-refractivity contribution in [2.45, 2.75) is 12.7 Å². The normalized spacial score (nSPS) is 11.2. The van der Waals surface area contributed by atoms with Crippen molar-refractivity contribution in [3.8, 4) is 17.2 Å². The number of aromatic nitrogens is 8. The lowest BCUT2D eigenvalue weighted by molar-refractivity contribution is -0.192. The molecule has 0 atom stereocenters. The standard InChI is InChI=1S/C12H7ClFN9O2S.C2HF3O2/c13-6-3-5(1-2-7(6)14)23-10(18-25-12(23)24)9-8(26-21-16-9)4-22-11(15)17-19-20-22;3-2(4,5)1(6)7/h1-3H,4H2,(H2,15,17,20);(H,6,7). The first-order valence-corrected chi connectivity index (χ1v) is 9.31. The Morgan fingerprint density at radius 3 is 2.58 bits per heavy atom. The highest BCUT2D eigenvalue weighted by molar-refractivity contribution is 7.05. The number of alkyl halides is 3. The van der Waals surface area contributed by atoms with E-state index in [1.54, 1.807) is 0 Å². The second-order valence-corrected chi connectivity index (χ2v) is 6.99. The minimum Gasteiger partial charge on any atom is -0.475 e. The van der Waals surface area contributed by atoms with Gasteiger partial charge in [-0.25, -0.2) is 23.2 Å². The number of nitrogens with two attached hydrogens (primary N) is 1. The molecule has 0 radical (unpaired) electrons. The first kappa shape index (κ1) is 23.7. The van der Waals surface area contributed by atoms with Gasteiger partial charge in [-0.1, -0.05) is 26.3 Å². The molecule has 0 saturated carbocycles. The molecule has 33 heavy (non-hydrogen) atoms. The van der Waals surface area contributed by atoms with E-state index in [1.807, 2.05) is 0 Å². The number of carbonyl (C=O) groups is 1. The SMILES string of the molecule is Nc1nnnn1Cc1snnc1-c1noc(=O)n1-c1ccc(F)c(Cl)c1.O=C(O)C(F)(F)F. The largest absolute Gasteiger partial charge is 0.490 e. The third-order valence-electron chi connectivity index (χ3n) is 3.63. The highest BCUT2D eigenvalue weighted by Crippen LogP contribution is 2.26. The predicted octanol–water partition coefficient (Wildman–Crippen LogP) is 1.39. The Kier molecular flexibility index (Phi) is 6.68. The number of hydrogen-bond donors (Lipinski definition) is 2. The first-order valence-electron chi connectivity index (χ1n) is 8.16. The molecule has 3 N–H and O–H groups in total. The monoisotopic (exact) mass is 509 g/mol. The molecule has 0 saturated heterocycles. The van der Waals surface area contributed by atoms with Crippen molar-refractivity contribution in [2.24, 2.45) is 0 Å². The van der Waals surface area contributed by atoms with Crippen LogP contribution in [0.5, 0.6) is 0 Å². The molecule has 13 nitrogen and oxygen atoms in total. The lowest BCUT2D eigenvalue weighted by Gasteiger charge is -2.05. The van der Waals surface area contributed by atoms with Crippen LogP contribution in [0.2, 0.25) is 5.02 Å². The van der Waals surface area contributed by atoms with Gasteiger partial charge < -0.3 is 10.8 Å². The molecule has 3 aromatic heterocycles. The highest BCUT2D eigenvalue weighted by Gasteiger charge is 2.38. The van der Waals surface area contributed by atoms with E-state index in [4.69, 9.17) is 31.8 Å². The average molecular weight is 510 g/mol. The molecule has 4 rings (SSSR count). The maximum atomic E-state index is 13.4. The third-order valence-corrected chi connectivity index (χ3v) is 4.62. The number of hydrogen-bond acceptors (Lipinski definition) is 11. The molecule has 19 heteroatoms. The van der Waals surface area contributed by atoms with Gasteiger partial charge in [-0.2, -0.15) is 13.2 Å². The van der Waals surface area contributed by atoms with Crippen molar-refractivity contribution in [3.63, 3.8) is 0 Å². The van der Waals surface area contributed by atoms with Crippen LogP contribution in [0, 0.1) is 5.82 Å². The summed E-state index contributed by atoms with van der Waals surface area (Å²) in [5, 5.41) is 25.5. The summed E-state index contributed by atoms with van der Waals surface area (Å²) in [5.41, 5.74) is 6.19. The minimum absolute atomic E-state index is 0.0769. The third kappa shape index (κ3) is 5.29. The van der Waals surface area contributed by atoms with Crippen molar-refractivity contribution in [1.29, 1.82) is 0 Å². The lowest BCUT2D eigenvalue weighted by atomic mass is 10.3. The van der Waals surface area contributed by atoms with Gasteiger partial charge in [-0.3, -0.25) is 4.52 Å². The summed E-state index contributed by atoms with van der Waals surface area (Å²) in [6.07, 6.45) is -5.08. The van der Waals surface area contributed by atoms with E-state index < -0.39 is 23.7 Å². The van der Waals surface area contributed by atoms with E-state index in [-0.39, 0.29) is 34.7 Å². The van der Waals surface area contributed by atoms with E-state index in [0.29, 0.717) is 4.88 Å². The zero-order valence-electron chi connectivity index (χ0n) is 15.6. The van der Waals surface area contributed by atoms with Crippen LogP contribution in [-0.2, 0) is 11.3 Å². The molecule has 0 spiro atoms. The Morgan fingerprint density at radius 2 is 2.00 bits per heavy atom. The van der Waals surface area contributed by atoms with Gasteiger partial charge in [0.1, 0.15) is 5.82 Å². The van der Waals surface area contributed by atoms with Crippen LogP contribution < -0.4 is 11.5 Å². The molecular formula is C14H8ClF4N9O4S. The van der Waals surface area contributed by atoms with Crippen LogP contribution in [0.1, 0.15) is 4.88 Å². The van der Waals surface area contributed by atoms with Crippen molar-refractivity contribution in [2.75, 3.05) is 5.73 Å². The van der Waals surface area contributed by atoms with E-state index in [2.05, 4.69) is 30.3 Å². The minimum atomic E-state index is -5.08. The Balaban J connectivity index is 0.000000383. The number of nitrogens with zero attached hydrogens (tertiary/aromatic N) is 8. The summed E-state index contributed by atoms with van der Waals surface area (Å²) in [6.45, 7) is 0.164. The van der Waals surface area contributed by atoms with Crippen molar-refractivity contribution >= 4 is 35.1 Å². The maximum absolute atomic E-state index is 13.4. The topological polar surface area (TPSA) is 181 Å². The number of tetrazole rings is 1. The number of nitrogen functional groups attached to an aromatic ring is 1. The Hall–Kier alpha value is -3.93. The number of anilines is 1. The maximum Gasteiger partial charge on any atom is 0.490 e. The van der Waals surface area contributed by atoms with Gasteiger partial charge in [0, 0.05) is 0 Å². The first-order chi connectivity index (χ1) is 15.5. The molecule has 174 valence electrons. The van der Waals surface area contributed by atoms with Gasteiger partial charge in [0.25, 0.3) is 0 Å². The van der Waals surface area contributed by atoms with Gasteiger partial charge in [-0.05, 0) is 40.2 Å². The van der Waals surface area contributed by atoms with Crippen LogP contribution in [0.3, 0.4) is 0 Å². The zero-order chi connectivity index (χ0) is 24.3. The molecule has 0 aliphatic carbocycles. The average Bonchev–Trinajstić information content (AvgIpc) is 3.45. The summed E-state index contributed by atoms with van der Waals surface area (Å²) in [6, 6.07) is 3.77. The van der Waals surface area contributed by atoms with Crippen LogP contribution in [-0.4, -0.2) is 56.8 Å². The molecule has 0 aliphatic heterocycles. The molecule has 1 aromatic carbocycles. The van der Waals surface area contributed by atoms with E-state index in [9.17, 15) is 22.4 Å². The molecule has 0 unspecified atom stereocenters. The molecular weight excluding hydrogens is 502 g/mol. The van der Waals surface area contributed by atoms with Crippen LogP contribution in [0.15, 0.2) is 27.5 Å². The van der Waals surface area contributed by atoms with Crippen LogP contribution >= 0.6 is 23.1 Å². The fourth-order valence-corrected chi connectivity index (χ4v) is 2.99. The van der Waals surface area contributed by atoms with E-state index >= 15 is 0 Å². The van der Waals surface area contributed by atoms with Gasteiger partial charge in [0.05, 0.1) is 22.1 Å². The number of halogens is 5. The number of benzene rings is 1. The summed E-state index contributed by atoms with van der Waals surface area (Å²) in [7, 11) is 0. The van der Waals surface area contributed by atoms with Crippen molar-refractivity contribution in [1.82, 2.24) is 39.5 Å². The second-order valence-electron chi connectivity index (χ2n) is 5.75. The fourth-order valence-electron chi connectivity index (χ4n) is 2.19. The molecule has 0 fully saturated rings. The molecule has 4 aromatic rings. The van der Waals surface area contributed by atoms with Gasteiger partial charge in [0.2, 0.25) is 11.8 Å². The smallest absolute Gasteiger partial charge is 0.475 e. The van der Waals surface area contributed by atoms with Gasteiger partial charge >= 0.3 is 17.9 Å². The lowest BCUT2D eigenvalue weighted by Crippen LogP contribution is -2.21. The number of aliphatic carboxylic acids is 1. The summed E-state index contributed by atoms with van der Waals surface area (Å²) in [5.74, 6) is -3.98. The highest BCUT2D eigenvalue weighted by atomic mass is 35.5. The molecule has 3 heterocycles. The fraction of sp³-hybridized carbons (Fsp3) is 0.143. The van der Waals surface area contributed by atoms with Crippen LogP contribution in [0.4, 0.5) is 23.5 Å². The summed E-state index contributed by atoms with van der Waals surface area (Å²) < 4.78 is 56.2. The van der Waals surface area contributed by atoms with Gasteiger partial charge in [0.15, 0.2) is 5.69 Å². The van der Waals surface area contributed by atoms with E-state index in [1.165, 1.54) is 16.8 Å². The molecule has 0 amide bonds. The number of rotatable bonds is 4. The van der Waals surface area contributed by atoms with E-state index in [0.717, 1.165) is 22.2 Å². The second kappa shape index (κ2) is 9.28. The van der Waals surface area contributed by atoms with Crippen molar-refractivity contribution < 1.29 is 32.0 Å². The Bertz CT molecular complexity index is 1350. The quantitative estimate of drug-likeness (QED) is 0.379. The zero-order valence-corrected chi connectivity index (χ0v) is 17.1. The predicted molar refractivity (Wildman–Crippen MR) is 101 cm³/mol. The summed E-state index contributed by atoms with van der Waals surface area (Å²) in [4.78, 5) is 21.6. The van der Waals surface area contributed by atoms with Crippen LogP contribution in [0.25, 0.3) is 17.2 Å². The van der Waals surface area contributed by atoms with Crippen molar-refractivity contribution in [3.05, 3.63) is 44.5 Å². The summed E-state index contributed by atoms with van der Waals surface area (Å²) >= 11 is 6.85. The Labute approximate surface area is 187 Å². The molecule has 0 bridgehead atoms. The number of carboxylic acids is 1. The Morgan fingerprint density at radius 1 is 1.30 bits per heavy atom. The number of carboxylic acid groups (broad SMARTS) is 1. The van der Waals surface area contributed by atoms with Gasteiger partial charge in [-0.15, -0.1) is 5.10 Å².